The van der Waals surface area contributed by atoms with Crippen LogP contribution in [0.4, 0.5) is 39.2 Å². The lowest BCUT2D eigenvalue weighted by Gasteiger charge is -2.12. The van der Waals surface area contributed by atoms with Crippen molar-refractivity contribution in [3.05, 3.63) is 174 Å². The van der Waals surface area contributed by atoms with Gasteiger partial charge in [-0.25, -0.2) is 14.4 Å². The van der Waals surface area contributed by atoms with E-state index in [4.69, 9.17) is 13.6 Å². The Balaban J connectivity index is 0.000000184. The number of ether oxygens (including phenoxy) is 1. The summed E-state index contributed by atoms with van der Waals surface area (Å²) in [4.78, 5) is 41.3. The number of halogens is 1. The van der Waals surface area contributed by atoms with Crippen LogP contribution >= 0.6 is 0 Å². The second kappa shape index (κ2) is 19.5. The fourth-order valence-corrected chi connectivity index (χ4v) is 6.12. The van der Waals surface area contributed by atoms with Gasteiger partial charge in [-0.1, -0.05) is 48.0 Å². The van der Waals surface area contributed by atoms with Crippen LogP contribution in [0.25, 0.3) is 22.6 Å². The predicted molar refractivity (Wildman–Crippen MR) is 232 cm³/mol. The van der Waals surface area contributed by atoms with E-state index in [2.05, 4.69) is 41.2 Å². The van der Waals surface area contributed by atoms with E-state index in [0.717, 1.165) is 33.5 Å². The van der Waals surface area contributed by atoms with E-state index in [1.807, 2.05) is 80.6 Å². The molecule has 0 aliphatic rings. The van der Waals surface area contributed by atoms with Crippen molar-refractivity contribution in [1.82, 2.24) is 19.9 Å². The molecular weight excluding hydrogens is 776 g/mol. The molecule has 0 aliphatic carbocycles. The molecule has 0 unspecified atom stereocenters. The maximum Gasteiger partial charge on any atom is 0.299 e. The molecule has 4 aromatic heterocycles. The minimum atomic E-state index is -0.339. The van der Waals surface area contributed by atoms with Crippen molar-refractivity contribution >= 4 is 46.6 Å². The number of amides is 2. The van der Waals surface area contributed by atoms with Gasteiger partial charge in [-0.15, -0.1) is 0 Å². The first-order valence-electron chi connectivity index (χ1n) is 19.1. The van der Waals surface area contributed by atoms with E-state index in [0.29, 0.717) is 52.3 Å². The molecule has 306 valence electrons. The van der Waals surface area contributed by atoms with Gasteiger partial charge in [0.2, 0.25) is 11.8 Å². The smallest absolute Gasteiger partial charge is 0.299 e. The lowest BCUT2D eigenvalue weighted by atomic mass is 10.1. The van der Waals surface area contributed by atoms with Crippen LogP contribution in [-0.2, 0) is 22.4 Å². The van der Waals surface area contributed by atoms with Gasteiger partial charge in [0.15, 0.2) is 11.5 Å². The van der Waals surface area contributed by atoms with Gasteiger partial charge >= 0.3 is 0 Å². The Morgan fingerprint density at radius 1 is 0.623 bits per heavy atom. The fraction of sp³-hybridized carbons (Fsp3) is 0.106. The van der Waals surface area contributed by atoms with Crippen molar-refractivity contribution in [2.75, 3.05) is 28.4 Å². The molecule has 13 nitrogen and oxygen atoms in total. The number of oxazole rings is 2. The van der Waals surface area contributed by atoms with Gasteiger partial charge in [-0.05, 0) is 97.3 Å². The second-order valence-corrected chi connectivity index (χ2v) is 13.8. The highest BCUT2D eigenvalue weighted by atomic mass is 19.1. The molecule has 0 aliphatic heterocycles. The Morgan fingerprint density at radius 2 is 1.16 bits per heavy atom. The first-order valence-corrected chi connectivity index (χ1v) is 19.1. The minimum Gasteiger partial charge on any atom is -0.495 e. The molecule has 4 heterocycles. The summed E-state index contributed by atoms with van der Waals surface area (Å²) in [6, 6.07) is 32.7. The van der Waals surface area contributed by atoms with E-state index in [1.54, 1.807) is 74.6 Å². The third kappa shape index (κ3) is 11.5. The Bertz CT molecular complexity index is 2720. The van der Waals surface area contributed by atoms with Crippen LogP contribution in [0.1, 0.15) is 22.3 Å². The normalized spacial score (nSPS) is 10.6. The number of aromatic nitrogens is 4. The molecule has 8 rings (SSSR count). The number of methoxy groups -OCH3 is 1. The van der Waals surface area contributed by atoms with Gasteiger partial charge in [-0.3, -0.25) is 19.6 Å². The number of aryl methyl sites for hydroxylation is 2. The van der Waals surface area contributed by atoms with E-state index < -0.39 is 0 Å². The van der Waals surface area contributed by atoms with Gasteiger partial charge in [0.05, 0.1) is 38.0 Å². The molecule has 0 saturated carbocycles. The second-order valence-electron chi connectivity index (χ2n) is 13.8. The molecule has 0 radical (unpaired) electrons. The summed E-state index contributed by atoms with van der Waals surface area (Å²) < 4.78 is 30.0. The van der Waals surface area contributed by atoms with Crippen molar-refractivity contribution in [2.24, 2.45) is 0 Å². The Labute approximate surface area is 351 Å². The SMILES string of the molecule is COc1ccc(NC(=O)Cc2ccc(F)cc2)cc1Nc1ncc(-c2ccncc2)o1.Cc1cccc(CC(=O)Nc2ccc(C)c(Nc3ncc(-c4ccncc4)o3)c2)c1. The summed E-state index contributed by atoms with van der Waals surface area (Å²) in [5, 5.41) is 12.0. The number of anilines is 6. The minimum absolute atomic E-state index is 0.0634. The highest BCUT2D eigenvalue weighted by molar-refractivity contribution is 5.94. The molecule has 61 heavy (non-hydrogen) atoms. The Kier molecular flexibility index (Phi) is 13.2. The Hall–Kier alpha value is -8.13. The number of hydrogen-bond donors (Lipinski definition) is 4. The van der Waals surface area contributed by atoms with Crippen LogP contribution in [0.2, 0.25) is 0 Å². The van der Waals surface area contributed by atoms with Crippen molar-refractivity contribution in [1.29, 1.82) is 0 Å². The zero-order chi connectivity index (χ0) is 42.6. The van der Waals surface area contributed by atoms with Gasteiger partial charge in [-0.2, -0.15) is 0 Å². The monoisotopic (exact) mass is 816 g/mol. The summed E-state index contributed by atoms with van der Waals surface area (Å²) in [5.41, 5.74) is 8.27. The summed E-state index contributed by atoms with van der Waals surface area (Å²) in [7, 11) is 1.55. The molecule has 0 fully saturated rings. The number of nitrogens with zero attached hydrogens (tertiary/aromatic N) is 4. The fourth-order valence-electron chi connectivity index (χ4n) is 6.12. The van der Waals surface area contributed by atoms with Crippen LogP contribution in [0, 0.1) is 19.7 Å². The molecule has 0 spiro atoms. The molecule has 4 N–H and O–H groups in total. The average Bonchev–Trinajstić information content (AvgIpc) is 3.94. The van der Waals surface area contributed by atoms with E-state index in [-0.39, 0.29) is 30.1 Å². The van der Waals surface area contributed by atoms with Crippen LogP contribution in [-0.4, -0.2) is 38.9 Å². The molecule has 4 aromatic carbocycles. The van der Waals surface area contributed by atoms with Gasteiger partial charge < -0.3 is 34.8 Å². The zero-order valence-corrected chi connectivity index (χ0v) is 33.5. The number of pyridine rings is 2. The topological polar surface area (TPSA) is 169 Å². The average molecular weight is 817 g/mol. The summed E-state index contributed by atoms with van der Waals surface area (Å²) in [6.45, 7) is 4.00. The molecule has 14 heteroatoms. The Morgan fingerprint density at radius 3 is 1.74 bits per heavy atom. The van der Waals surface area contributed by atoms with Crippen LogP contribution in [0.3, 0.4) is 0 Å². The van der Waals surface area contributed by atoms with Crippen molar-refractivity contribution < 1.29 is 27.6 Å². The third-order valence-electron chi connectivity index (χ3n) is 9.15. The lowest BCUT2D eigenvalue weighted by Crippen LogP contribution is -2.14. The molecule has 8 aromatic rings. The quantitative estimate of drug-likeness (QED) is 0.0874. The number of nitrogens with one attached hydrogen (secondary N) is 4. The molecule has 0 bridgehead atoms. The van der Waals surface area contributed by atoms with E-state index in [9.17, 15) is 14.0 Å². The maximum absolute atomic E-state index is 13.0. The number of benzene rings is 4. The van der Waals surface area contributed by atoms with Crippen LogP contribution in [0.15, 0.2) is 155 Å². The first-order chi connectivity index (χ1) is 29.7. The zero-order valence-electron chi connectivity index (χ0n) is 33.5. The van der Waals surface area contributed by atoms with Crippen molar-refractivity contribution in [3.63, 3.8) is 0 Å². The van der Waals surface area contributed by atoms with Gasteiger partial charge in [0.1, 0.15) is 11.6 Å². The van der Waals surface area contributed by atoms with Gasteiger partial charge in [0.25, 0.3) is 12.0 Å². The summed E-state index contributed by atoms with van der Waals surface area (Å²) in [5.74, 6) is 1.17. The number of carbonyl (C=O) groups excluding carboxylic acids is 2. The number of hydrogen-bond acceptors (Lipinski definition) is 11. The first kappa shape index (κ1) is 41.0. The van der Waals surface area contributed by atoms with E-state index in [1.165, 1.54) is 12.1 Å². The summed E-state index contributed by atoms with van der Waals surface area (Å²) in [6.07, 6.45) is 10.5. The highest BCUT2D eigenvalue weighted by Gasteiger charge is 2.13. The van der Waals surface area contributed by atoms with Crippen molar-refractivity contribution in [3.8, 4) is 28.4 Å². The standard InChI is InChI=1S/C24H22N4O2.C23H19FN4O3/c1-16-4-3-5-18(12-16)13-23(29)27-20-7-6-17(2)21(14-20)28-24-26-15-22(30-24)19-8-10-25-11-9-19;1-30-20-7-6-18(27-22(29)12-15-2-4-17(24)5-3-15)13-19(20)28-23-26-14-21(31-23)16-8-10-25-11-9-16/h3-12,14-15H,13H2,1-2H3,(H,26,28)(H,27,29);2-11,13-14H,12H2,1H3,(H,26,28)(H,27,29). The maximum atomic E-state index is 13.0. The lowest BCUT2D eigenvalue weighted by molar-refractivity contribution is -0.116. The van der Waals surface area contributed by atoms with Crippen LogP contribution < -0.4 is 26.0 Å². The summed E-state index contributed by atoms with van der Waals surface area (Å²) >= 11 is 0. The van der Waals surface area contributed by atoms with E-state index >= 15 is 0 Å². The van der Waals surface area contributed by atoms with Crippen LogP contribution in [0.5, 0.6) is 5.75 Å². The predicted octanol–water partition coefficient (Wildman–Crippen LogP) is 10.1. The van der Waals surface area contributed by atoms with Gasteiger partial charge in [0, 0.05) is 53.0 Å². The number of rotatable bonds is 13. The molecular formula is C47H41FN8O5. The largest absolute Gasteiger partial charge is 0.495 e. The number of carbonyl (C=O) groups is 2. The molecule has 0 atom stereocenters. The highest BCUT2D eigenvalue weighted by Crippen LogP contribution is 2.32. The molecule has 2 amide bonds. The van der Waals surface area contributed by atoms with Crippen molar-refractivity contribution in [2.45, 2.75) is 26.7 Å². The molecule has 0 saturated heterocycles. The third-order valence-corrected chi connectivity index (χ3v) is 9.15.